The van der Waals surface area contributed by atoms with Crippen LogP contribution in [-0.4, -0.2) is 21.1 Å². The molecule has 0 spiro atoms. The topological polar surface area (TPSA) is 87.4 Å². The number of phenols is 1. The second-order valence-corrected chi connectivity index (χ2v) is 8.77. The van der Waals surface area contributed by atoms with Crippen LogP contribution >= 0.6 is 23.8 Å². The summed E-state index contributed by atoms with van der Waals surface area (Å²) in [5, 5.41) is 18.3. The van der Waals surface area contributed by atoms with Gasteiger partial charge in [0.15, 0.2) is 10.7 Å². The molecule has 0 saturated carbocycles. The Morgan fingerprint density at radius 1 is 1.06 bits per heavy atom. The number of hydrogen-bond acceptors (Lipinski definition) is 5. The van der Waals surface area contributed by atoms with Gasteiger partial charge in [0.1, 0.15) is 11.3 Å². The van der Waals surface area contributed by atoms with E-state index in [9.17, 15) is 9.90 Å². The van der Waals surface area contributed by atoms with E-state index in [1.54, 1.807) is 36.4 Å². The van der Waals surface area contributed by atoms with Crippen LogP contribution in [0.15, 0.2) is 77.2 Å². The molecule has 5 aromatic rings. The van der Waals surface area contributed by atoms with Crippen molar-refractivity contribution in [2.75, 3.05) is 5.32 Å². The fourth-order valence-corrected chi connectivity index (χ4v) is 4.34. The van der Waals surface area contributed by atoms with Crippen molar-refractivity contribution in [2.45, 2.75) is 13.3 Å². The number of thiocarbonyl (C=S) groups is 1. The predicted molar refractivity (Wildman–Crippen MR) is 143 cm³/mol. The number of amides is 1. The monoisotopic (exact) mass is 501 g/mol. The number of halogens is 1. The van der Waals surface area contributed by atoms with Crippen molar-refractivity contribution in [1.82, 2.24) is 10.3 Å². The summed E-state index contributed by atoms with van der Waals surface area (Å²) in [5.74, 6) is -0.0579. The lowest BCUT2D eigenvalue weighted by Gasteiger charge is -2.12. The Hall–Kier alpha value is -3.94. The molecular weight excluding hydrogens is 482 g/mol. The molecule has 5 rings (SSSR count). The Balaban J connectivity index is 1.37. The molecule has 0 atom stereocenters. The van der Waals surface area contributed by atoms with Crippen LogP contribution in [0.1, 0.15) is 22.8 Å². The largest absolute Gasteiger partial charge is 0.507 e. The van der Waals surface area contributed by atoms with E-state index < -0.39 is 0 Å². The van der Waals surface area contributed by atoms with E-state index >= 15 is 0 Å². The average molecular weight is 502 g/mol. The summed E-state index contributed by atoms with van der Waals surface area (Å²) in [5.41, 5.74) is 3.91. The first kappa shape index (κ1) is 22.8. The average Bonchev–Trinajstić information content (AvgIpc) is 3.28. The molecule has 0 aliphatic heterocycles. The van der Waals surface area contributed by atoms with Crippen LogP contribution in [0.5, 0.6) is 5.75 Å². The Kier molecular flexibility index (Phi) is 6.11. The lowest BCUT2D eigenvalue weighted by atomic mass is 10.0. The van der Waals surface area contributed by atoms with Gasteiger partial charge in [0.05, 0.1) is 5.56 Å². The smallest absolute Gasteiger partial charge is 0.258 e. The maximum Gasteiger partial charge on any atom is 0.258 e. The van der Waals surface area contributed by atoms with Gasteiger partial charge >= 0.3 is 0 Å². The minimum atomic E-state index is -0.361. The normalized spacial score (nSPS) is 11.0. The molecule has 0 aliphatic rings. The van der Waals surface area contributed by atoms with E-state index in [0.717, 1.165) is 28.3 Å². The molecule has 0 fully saturated rings. The third-order valence-electron chi connectivity index (χ3n) is 5.69. The van der Waals surface area contributed by atoms with Crippen molar-refractivity contribution in [3.05, 3.63) is 88.9 Å². The minimum absolute atomic E-state index is 0.0143. The second kappa shape index (κ2) is 9.37. The van der Waals surface area contributed by atoms with E-state index in [2.05, 4.69) is 22.5 Å². The number of nitrogens with one attached hydrogen (secondary N) is 2. The number of hydrogen-bond donors (Lipinski definition) is 3. The molecule has 174 valence electrons. The zero-order chi connectivity index (χ0) is 24.5. The molecule has 0 saturated heterocycles. The summed E-state index contributed by atoms with van der Waals surface area (Å²) in [7, 11) is 0. The fraction of sp³-hybridized carbons (Fsp3) is 0.0741. The van der Waals surface area contributed by atoms with Gasteiger partial charge in [0, 0.05) is 21.7 Å². The van der Waals surface area contributed by atoms with E-state index in [1.165, 1.54) is 6.07 Å². The number of phenolic OH excluding ortho intramolecular Hbond substituents is 1. The highest BCUT2D eigenvalue weighted by Crippen LogP contribution is 2.33. The highest BCUT2D eigenvalue weighted by atomic mass is 35.5. The first-order valence-electron chi connectivity index (χ1n) is 11.0. The Morgan fingerprint density at radius 3 is 2.69 bits per heavy atom. The van der Waals surface area contributed by atoms with Crippen LogP contribution in [-0.2, 0) is 6.42 Å². The van der Waals surface area contributed by atoms with Crippen LogP contribution in [0.2, 0.25) is 5.02 Å². The molecular formula is C27H20ClN3O3S. The molecule has 1 amide bonds. The van der Waals surface area contributed by atoms with Gasteiger partial charge in [-0.25, -0.2) is 4.98 Å². The van der Waals surface area contributed by atoms with E-state index in [-0.39, 0.29) is 22.7 Å². The Morgan fingerprint density at radius 2 is 1.86 bits per heavy atom. The summed E-state index contributed by atoms with van der Waals surface area (Å²) in [6, 6.07) is 21.4. The highest BCUT2D eigenvalue weighted by Gasteiger charge is 2.16. The first-order chi connectivity index (χ1) is 16.9. The third kappa shape index (κ3) is 4.56. The van der Waals surface area contributed by atoms with Crippen LogP contribution < -0.4 is 10.6 Å². The molecule has 3 N–H and O–H groups in total. The van der Waals surface area contributed by atoms with Gasteiger partial charge in [-0.3, -0.25) is 10.1 Å². The number of fused-ring (bicyclic) bond motifs is 2. The minimum Gasteiger partial charge on any atom is -0.507 e. The number of carbonyl (C=O) groups is 1. The van der Waals surface area contributed by atoms with Gasteiger partial charge in [-0.15, -0.1) is 0 Å². The molecule has 35 heavy (non-hydrogen) atoms. The summed E-state index contributed by atoms with van der Waals surface area (Å²) < 4.78 is 5.86. The molecule has 0 unspecified atom stereocenters. The fourth-order valence-electron chi connectivity index (χ4n) is 3.90. The maximum atomic E-state index is 12.9. The summed E-state index contributed by atoms with van der Waals surface area (Å²) in [6.07, 6.45) is 0.887. The van der Waals surface area contributed by atoms with Gasteiger partial charge < -0.3 is 14.8 Å². The summed E-state index contributed by atoms with van der Waals surface area (Å²) in [4.78, 5) is 17.4. The van der Waals surface area contributed by atoms with Gasteiger partial charge in [0.2, 0.25) is 5.89 Å². The summed E-state index contributed by atoms with van der Waals surface area (Å²) >= 11 is 11.6. The molecule has 0 radical (unpaired) electrons. The first-order valence-corrected chi connectivity index (χ1v) is 11.7. The van der Waals surface area contributed by atoms with Gasteiger partial charge in [-0.05, 0) is 72.1 Å². The van der Waals surface area contributed by atoms with Crippen molar-refractivity contribution < 1.29 is 14.3 Å². The quantitative estimate of drug-likeness (QED) is 0.188. The Labute approximate surface area is 211 Å². The standard InChI is InChI=1S/C27H20ClN3O3S/c1-2-15-9-12-24-22(13-15)30-26(34-24)20-14-16(10-11-23(20)32)29-27(35)31-25(33)19-7-3-6-18-17(19)5-4-8-21(18)28/h3-14,32H,2H2,1H3,(H2,29,31,33,35). The van der Waals surface area contributed by atoms with Crippen molar-refractivity contribution in [3.63, 3.8) is 0 Å². The molecule has 4 aromatic carbocycles. The van der Waals surface area contributed by atoms with Crippen LogP contribution in [0.25, 0.3) is 33.3 Å². The number of oxazole rings is 1. The SMILES string of the molecule is CCc1ccc2oc(-c3cc(NC(=S)NC(=O)c4cccc5c(Cl)cccc45)ccc3O)nc2c1. The summed E-state index contributed by atoms with van der Waals surface area (Å²) in [6.45, 7) is 2.07. The Bertz CT molecular complexity index is 1610. The number of aryl methyl sites for hydroxylation is 1. The van der Waals surface area contributed by atoms with Crippen molar-refractivity contribution in [1.29, 1.82) is 0 Å². The van der Waals surface area contributed by atoms with Gasteiger partial charge in [-0.2, -0.15) is 0 Å². The van der Waals surface area contributed by atoms with E-state index in [4.69, 9.17) is 28.2 Å². The van der Waals surface area contributed by atoms with Crippen molar-refractivity contribution >= 4 is 62.4 Å². The molecule has 6 nitrogen and oxygen atoms in total. The van der Waals surface area contributed by atoms with Crippen LogP contribution in [0.4, 0.5) is 5.69 Å². The lowest BCUT2D eigenvalue weighted by molar-refractivity contribution is 0.0979. The maximum absolute atomic E-state index is 12.9. The van der Waals surface area contributed by atoms with Crippen LogP contribution in [0.3, 0.4) is 0 Å². The third-order valence-corrected chi connectivity index (χ3v) is 6.22. The number of aromatic nitrogens is 1. The number of aromatic hydroxyl groups is 1. The molecule has 8 heteroatoms. The van der Waals surface area contributed by atoms with Crippen LogP contribution in [0, 0.1) is 0 Å². The zero-order valence-corrected chi connectivity index (χ0v) is 20.2. The number of carbonyl (C=O) groups excluding carboxylic acids is 1. The zero-order valence-electron chi connectivity index (χ0n) is 18.6. The van der Waals surface area contributed by atoms with E-state index in [0.29, 0.717) is 27.4 Å². The number of benzene rings is 4. The molecule has 0 aliphatic carbocycles. The molecule has 1 heterocycles. The molecule has 0 bridgehead atoms. The second-order valence-electron chi connectivity index (χ2n) is 7.96. The van der Waals surface area contributed by atoms with E-state index in [1.807, 2.05) is 30.3 Å². The number of anilines is 1. The molecule has 1 aromatic heterocycles. The predicted octanol–water partition coefficient (Wildman–Crippen LogP) is 6.70. The van der Waals surface area contributed by atoms with Gasteiger partial charge in [-0.1, -0.05) is 48.9 Å². The highest BCUT2D eigenvalue weighted by molar-refractivity contribution is 7.80. The van der Waals surface area contributed by atoms with Gasteiger partial charge in [0.25, 0.3) is 5.91 Å². The number of nitrogens with zero attached hydrogens (tertiary/aromatic N) is 1. The van der Waals surface area contributed by atoms with Crippen molar-refractivity contribution in [3.8, 4) is 17.2 Å². The van der Waals surface area contributed by atoms with Crippen molar-refractivity contribution in [2.24, 2.45) is 0 Å². The number of rotatable bonds is 4. The lowest BCUT2D eigenvalue weighted by Crippen LogP contribution is -2.34.